The summed E-state index contributed by atoms with van der Waals surface area (Å²) >= 11 is 0. The van der Waals surface area contributed by atoms with Crippen LogP contribution in [0.2, 0.25) is 0 Å². The molecule has 0 saturated carbocycles. The smallest absolute Gasteiger partial charge is 0.0367 e. The fourth-order valence-corrected chi connectivity index (χ4v) is 2.12. The summed E-state index contributed by atoms with van der Waals surface area (Å²) in [7, 11) is 4.15. The van der Waals surface area contributed by atoms with Crippen LogP contribution in [-0.4, -0.2) is 14.1 Å². The first-order valence-corrected chi connectivity index (χ1v) is 6.57. The molecular weight excluding hydrogens is 218 g/mol. The second-order valence-electron chi connectivity index (χ2n) is 4.89. The number of rotatable bonds is 4. The van der Waals surface area contributed by atoms with Crippen molar-refractivity contribution in [1.82, 2.24) is 0 Å². The molecule has 18 heavy (non-hydrogen) atoms. The molecule has 0 aliphatic rings. The zero-order chi connectivity index (χ0) is 13.0. The van der Waals surface area contributed by atoms with Crippen LogP contribution in [0.25, 0.3) is 11.1 Å². The number of aryl methyl sites for hydroxylation is 1. The number of hydrogen-bond donors (Lipinski definition) is 0. The Balaban J connectivity index is 2.28. The largest absolute Gasteiger partial charge is 0.378 e. The first-order valence-electron chi connectivity index (χ1n) is 6.57. The Morgan fingerprint density at radius 2 is 1.61 bits per heavy atom. The van der Waals surface area contributed by atoms with Gasteiger partial charge in [0.05, 0.1) is 0 Å². The minimum atomic E-state index is 1.16. The predicted octanol–water partition coefficient (Wildman–Crippen LogP) is 4.37. The van der Waals surface area contributed by atoms with E-state index in [1.54, 1.807) is 0 Å². The average Bonchev–Trinajstić information content (AvgIpc) is 2.40. The lowest BCUT2D eigenvalue weighted by Gasteiger charge is -2.13. The van der Waals surface area contributed by atoms with Crippen molar-refractivity contribution in [3.8, 4) is 11.1 Å². The van der Waals surface area contributed by atoms with Crippen LogP contribution in [0.3, 0.4) is 0 Å². The van der Waals surface area contributed by atoms with Crippen molar-refractivity contribution in [2.24, 2.45) is 0 Å². The molecule has 0 amide bonds. The van der Waals surface area contributed by atoms with Gasteiger partial charge in [-0.25, -0.2) is 0 Å². The SMILES string of the molecule is CCCc1ccc(-c2cccc(N(C)C)c2)cc1. The Kier molecular flexibility index (Phi) is 4.03. The number of hydrogen-bond acceptors (Lipinski definition) is 1. The topological polar surface area (TPSA) is 3.24 Å². The summed E-state index contributed by atoms with van der Waals surface area (Å²) in [6, 6.07) is 17.6. The quantitative estimate of drug-likeness (QED) is 0.765. The van der Waals surface area contributed by atoms with E-state index in [0.717, 1.165) is 6.42 Å². The van der Waals surface area contributed by atoms with Gasteiger partial charge in [0.2, 0.25) is 0 Å². The molecule has 0 saturated heterocycles. The first-order chi connectivity index (χ1) is 8.70. The predicted molar refractivity (Wildman–Crippen MR) is 80.2 cm³/mol. The van der Waals surface area contributed by atoms with Gasteiger partial charge in [0.1, 0.15) is 0 Å². The van der Waals surface area contributed by atoms with Gasteiger partial charge < -0.3 is 4.90 Å². The molecule has 0 aromatic heterocycles. The van der Waals surface area contributed by atoms with Gasteiger partial charge in [-0.2, -0.15) is 0 Å². The molecule has 0 bridgehead atoms. The molecule has 0 fully saturated rings. The van der Waals surface area contributed by atoms with E-state index < -0.39 is 0 Å². The van der Waals surface area contributed by atoms with Crippen molar-refractivity contribution in [2.45, 2.75) is 19.8 Å². The van der Waals surface area contributed by atoms with Crippen LogP contribution in [0.15, 0.2) is 48.5 Å². The first kappa shape index (κ1) is 12.7. The maximum atomic E-state index is 2.24. The van der Waals surface area contributed by atoms with E-state index in [1.807, 2.05) is 0 Å². The van der Waals surface area contributed by atoms with Crippen LogP contribution in [0.5, 0.6) is 0 Å². The van der Waals surface area contributed by atoms with E-state index in [4.69, 9.17) is 0 Å². The second-order valence-corrected chi connectivity index (χ2v) is 4.89. The van der Waals surface area contributed by atoms with E-state index >= 15 is 0 Å². The molecule has 2 aromatic rings. The van der Waals surface area contributed by atoms with Crippen LogP contribution >= 0.6 is 0 Å². The van der Waals surface area contributed by atoms with Crippen LogP contribution in [-0.2, 0) is 6.42 Å². The summed E-state index contributed by atoms with van der Waals surface area (Å²) in [5.74, 6) is 0. The lowest BCUT2D eigenvalue weighted by atomic mass is 10.0. The third-order valence-electron chi connectivity index (χ3n) is 3.19. The highest BCUT2D eigenvalue weighted by Gasteiger charge is 2.00. The fourth-order valence-electron chi connectivity index (χ4n) is 2.12. The van der Waals surface area contributed by atoms with E-state index in [1.165, 1.54) is 28.8 Å². The molecule has 0 aliphatic carbocycles. The number of anilines is 1. The van der Waals surface area contributed by atoms with E-state index in [9.17, 15) is 0 Å². The third-order valence-corrected chi connectivity index (χ3v) is 3.19. The standard InChI is InChI=1S/C17H21N/c1-4-6-14-9-11-15(12-10-14)16-7-5-8-17(13-16)18(2)3/h5,7-13H,4,6H2,1-3H3. The molecule has 0 radical (unpaired) electrons. The van der Waals surface area contributed by atoms with Gasteiger partial charge in [-0.05, 0) is 35.2 Å². The van der Waals surface area contributed by atoms with Gasteiger partial charge in [-0.1, -0.05) is 49.7 Å². The molecule has 0 atom stereocenters. The Labute approximate surface area is 110 Å². The summed E-state index contributed by atoms with van der Waals surface area (Å²) < 4.78 is 0. The van der Waals surface area contributed by atoms with Crippen molar-refractivity contribution in [1.29, 1.82) is 0 Å². The molecule has 0 unspecified atom stereocenters. The van der Waals surface area contributed by atoms with Gasteiger partial charge in [-0.3, -0.25) is 0 Å². The van der Waals surface area contributed by atoms with Gasteiger partial charge in [0.25, 0.3) is 0 Å². The molecule has 94 valence electrons. The molecule has 0 spiro atoms. The Bertz CT molecular complexity index is 497. The average molecular weight is 239 g/mol. The van der Waals surface area contributed by atoms with E-state index in [0.29, 0.717) is 0 Å². The van der Waals surface area contributed by atoms with Crippen LogP contribution in [0.1, 0.15) is 18.9 Å². The summed E-state index contributed by atoms with van der Waals surface area (Å²) in [6.07, 6.45) is 2.37. The zero-order valence-corrected chi connectivity index (χ0v) is 11.5. The van der Waals surface area contributed by atoms with Gasteiger partial charge in [-0.15, -0.1) is 0 Å². The van der Waals surface area contributed by atoms with E-state index in [2.05, 4.69) is 74.4 Å². The second kappa shape index (κ2) is 5.72. The Morgan fingerprint density at radius 1 is 0.889 bits per heavy atom. The summed E-state index contributed by atoms with van der Waals surface area (Å²) in [4.78, 5) is 2.13. The molecule has 1 nitrogen and oxygen atoms in total. The lowest BCUT2D eigenvalue weighted by molar-refractivity contribution is 0.922. The molecular formula is C17H21N. The van der Waals surface area contributed by atoms with Crippen molar-refractivity contribution in [3.05, 3.63) is 54.1 Å². The number of benzene rings is 2. The third kappa shape index (κ3) is 2.92. The summed E-state index contributed by atoms with van der Waals surface area (Å²) in [5.41, 5.74) is 5.23. The highest BCUT2D eigenvalue weighted by Crippen LogP contribution is 2.24. The zero-order valence-electron chi connectivity index (χ0n) is 11.5. The van der Waals surface area contributed by atoms with E-state index in [-0.39, 0.29) is 0 Å². The molecule has 0 N–H and O–H groups in total. The van der Waals surface area contributed by atoms with Crippen molar-refractivity contribution < 1.29 is 0 Å². The molecule has 0 heterocycles. The Morgan fingerprint density at radius 3 is 2.22 bits per heavy atom. The lowest BCUT2D eigenvalue weighted by Crippen LogP contribution is -2.08. The summed E-state index contributed by atoms with van der Waals surface area (Å²) in [5, 5.41) is 0. The maximum absolute atomic E-state index is 2.24. The van der Waals surface area contributed by atoms with Crippen LogP contribution in [0.4, 0.5) is 5.69 Å². The maximum Gasteiger partial charge on any atom is 0.0367 e. The number of nitrogens with zero attached hydrogens (tertiary/aromatic N) is 1. The van der Waals surface area contributed by atoms with Gasteiger partial charge in [0, 0.05) is 19.8 Å². The minimum absolute atomic E-state index is 1.16. The highest BCUT2D eigenvalue weighted by molar-refractivity contribution is 5.68. The van der Waals surface area contributed by atoms with Gasteiger partial charge >= 0.3 is 0 Å². The fraction of sp³-hybridized carbons (Fsp3) is 0.294. The minimum Gasteiger partial charge on any atom is -0.378 e. The molecule has 2 aromatic carbocycles. The normalized spacial score (nSPS) is 10.4. The monoisotopic (exact) mass is 239 g/mol. The van der Waals surface area contributed by atoms with Crippen molar-refractivity contribution in [3.63, 3.8) is 0 Å². The molecule has 0 aliphatic heterocycles. The van der Waals surface area contributed by atoms with Crippen molar-refractivity contribution >= 4 is 5.69 Å². The van der Waals surface area contributed by atoms with Crippen LogP contribution < -0.4 is 4.90 Å². The molecule has 2 rings (SSSR count). The molecule has 1 heteroatoms. The van der Waals surface area contributed by atoms with Crippen molar-refractivity contribution in [2.75, 3.05) is 19.0 Å². The summed E-state index contributed by atoms with van der Waals surface area (Å²) in [6.45, 7) is 2.22. The van der Waals surface area contributed by atoms with Crippen LogP contribution in [0, 0.1) is 0 Å². The Hall–Kier alpha value is -1.76. The highest BCUT2D eigenvalue weighted by atomic mass is 15.1. The van der Waals surface area contributed by atoms with Gasteiger partial charge in [0.15, 0.2) is 0 Å².